The van der Waals surface area contributed by atoms with Crippen LogP contribution in [-0.2, 0) is 43.3 Å². The van der Waals surface area contributed by atoms with E-state index < -0.39 is 0 Å². The molecule has 4 saturated carbocycles. The lowest BCUT2D eigenvalue weighted by molar-refractivity contribution is 0.195. The molecule has 8 atom stereocenters. The van der Waals surface area contributed by atoms with Crippen LogP contribution in [0.15, 0.2) is 231 Å². The van der Waals surface area contributed by atoms with Crippen molar-refractivity contribution in [1.29, 1.82) is 0 Å². The first kappa shape index (κ1) is 80.2. The first-order valence-corrected chi connectivity index (χ1v) is 48.5. The van der Waals surface area contributed by atoms with E-state index in [-0.39, 0.29) is 65.5 Å². The molecule has 15 aromatic carbocycles. The van der Waals surface area contributed by atoms with Gasteiger partial charge in [0.2, 0.25) is 0 Å². The largest absolute Gasteiger partial charge is 0.334 e. The van der Waals surface area contributed by atoms with Crippen LogP contribution in [0.5, 0.6) is 0 Å². The molecule has 0 radical (unpaired) electrons. The van der Waals surface area contributed by atoms with E-state index in [1.54, 1.807) is 0 Å². The highest BCUT2D eigenvalue weighted by Crippen LogP contribution is 2.68. The summed E-state index contributed by atoms with van der Waals surface area (Å²) in [5.41, 5.74) is 32.4. The fraction of sp³-hybridized carbons (Fsp3) is 0.393. The molecule has 638 valence electrons. The summed E-state index contributed by atoms with van der Waals surface area (Å²) < 4.78 is 0. The molecular formula is C122H130N4. The predicted octanol–water partition coefficient (Wildman–Crippen LogP) is 34.3. The summed E-state index contributed by atoms with van der Waals surface area (Å²) in [5, 5.41) is 16.2. The van der Waals surface area contributed by atoms with Crippen LogP contribution in [0.1, 0.15) is 286 Å². The van der Waals surface area contributed by atoms with E-state index in [4.69, 9.17) is 0 Å². The van der Waals surface area contributed by atoms with Gasteiger partial charge in [-0.25, -0.2) is 0 Å². The third kappa shape index (κ3) is 10.8. The van der Waals surface area contributed by atoms with Gasteiger partial charge in [-0.3, -0.25) is 0 Å². The van der Waals surface area contributed by atoms with E-state index in [0.29, 0.717) is 0 Å². The quantitative estimate of drug-likeness (QED) is 0.150. The first-order valence-electron chi connectivity index (χ1n) is 48.5. The van der Waals surface area contributed by atoms with Gasteiger partial charge in [-0.05, 0) is 364 Å². The smallest absolute Gasteiger partial charge is 0.0517 e. The highest BCUT2D eigenvalue weighted by Gasteiger charge is 2.62. The molecule has 0 spiro atoms. The Hall–Kier alpha value is -10.4. The molecule has 4 aliphatic carbocycles. The van der Waals surface area contributed by atoms with Crippen LogP contribution in [0, 0.1) is 0 Å². The molecule has 126 heavy (non-hydrogen) atoms. The summed E-state index contributed by atoms with van der Waals surface area (Å²) in [6, 6.07) is 95.3. The van der Waals surface area contributed by atoms with Crippen molar-refractivity contribution < 1.29 is 0 Å². The average molecular weight is 1650 g/mol. The van der Waals surface area contributed by atoms with E-state index in [1.165, 1.54) is 251 Å². The molecule has 8 aliphatic rings. The third-order valence-corrected chi connectivity index (χ3v) is 36.3. The molecule has 4 heteroatoms. The van der Waals surface area contributed by atoms with Crippen LogP contribution >= 0.6 is 0 Å². The van der Waals surface area contributed by atoms with Crippen molar-refractivity contribution in [2.75, 3.05) is 19.6 Å². The van der Waals surface area contributed by atoms with Crippen molar-refractivity contribution in [2.24, 2.45) is 0 Å². The molecule has 15 aromatic rings. The van der Waals surface area contributed by atoms with E-state index in [2.05, 4.69) is 389 Å². The minimum atomic E-state index is -0.0897. The molecule has 0 saturated heterocycles. The van der Waals surface area contributed by atoms with Crippen molar-refractivity contribution in [3.05, 3.63) is 275 Å². The Labute approximate surface area is 750 Å². The molecule has 4 nitrogen and oxygen atoms in total. The van der Waals surface area contributed by atoms with Gasteiger partial charge < -0.3 is 19.6 Å². The van der Waals surface area contributed by atoms with Gasteiger partial charge in [0.15, 0.2) is 0 Å². The number of fused-ring (bicyclic) bond motifs is 18. The second-order valence-corrected chi connectivity index (χ2v) is 46.8. The monoisotopic (exact) mass is 1650 g/mol. The van der Waals surface area contributed by atoms with Crippen LogP contribution in [0.4, 0.5) is 45.5 Å². The number of nitrogens with zero attached hydrogens (tertiary/aromatic N) is 4. The fourth-order valence-corrected chi connectivity index (χ4v) is 28.0. The Morgan fingerprint density at radius 3 is 0.595 bits per heavy atom. The molecule has 4 heterocycles. The molecule has 8 unspecified atom stereocenters. The molecule has 23 rings (SSSR count). The number of hydrogen-bond acceptors (Lipinski definition) is 4. The predicted molar refractivity (Wildman–Crippen MR) is 542 cm³/mol. The maximum atomic E-state index is 2.78. The first-order chi connectivity index (χ1) is 59.9. The third-order valence-electron chi connectivity index (χ3n) is 36.3. The van der Waals surface area contributed by atoms with Crippen LogP contribution < -0.4 is 19.6 Å². The zero-order chi connectivity index (χ0) is 87.3. The molecule has 0 aromatic heterocycles. The van der Waals surface area contributed by atoms with E-state index in [1.807, 2.05) is 0 Å². The molecule has 4 fully saturated rings. The molecule has 0 amide bonds. The standard InChI is InChI=1S/C122H130N4/c1-111(2,3)79-33-41-83(42-34-79)123-103-57-29-75(69-99(103)115(13)61-21-25-65-119(115,123)17)87-49-53-91-95-73-97-93-55-51-89(77-31-59-105-101(71-77)117(15)63-23-27-67-121(117,19)125(105)85-45-37-81(38-46-85)113(7,8)9)108-90(78-32-60-106-102(72-78)118(16)64-24-28-68-122(118,20)126(106)86-47-39-82(40-48-86)114(10,11)12)52-56-94(110(93)108)98(97)74-96(95)92-54-50-88(107(87)109(91)92)76-30-58-104-100(70-76)116(14)62-22-26-66-120(116,18)124(104)84-43-35-80(36-44-84)112(4,5)6/h29-60,69-74H,21-28,61-68H2,1-20H3. The normalized spacial score (nSPS) is 25.9. The van der Waals surface area contributed by atoms with Gasteiger partial charge in [0.05, 0.1) is 22.2 Å². The minimum absolute atomic E-state index is 0.0635. The van der Waals surface area contributed by atoms with Crippen LogP contribution in [-0.4, -0.2) is 22.2 Å². The van der Waals surface area contributed by atoms with Crippen molar-refractivity contribution in [1.82, 2.24) is 0 Å². The Morgan fingerprint density at radius 1 is 0.198 bits per heavy atom. The number of hydrogen-bond donors (Lipinski definition) is 0. The lowest BCUT2D eigenvalue weighted by atomic mass is 9.61. The van der Waals surface area contributed by atoms with Gasteiger partial charge in [-0.15, -0.1) is 0 Å². The second-order valence-electron chi connectivity index (χ2n) is 46.8. The Morgan fingerprint density at radius 2 is 0.397 bits per heavy atom. The van der Waals surface area contributed by atoms with Crippen LogP contribution in [0.2, 0.25) is 0 Å². The van der Waals surface area contributed by atoms with Gasteiger partial charge in [0, 0.05) is 67.2 Å². The highest BCUT2D eigenvalue weighted by molar-refractivity contribution is 6.40. The fourth-order valence-electron chi connectivity index (χ4n) is 28.0. The SMILES string of the molecule is CC(C)(C)c1ccc(N2c3ccc(-c4ccc5c6cc7c(cc6c6ccc(-c8ccc9c(c8)C8(C)CCCCC8(C)N9c8ccc(C(C)(C)C)cc8)c4c56)c4ccc(-c5ccc6c(c5)C5(C)CCCCC5(C)N6c5ccc(C(C)(C)C)cc5)c5c(-c6ccc8c(c6)C6(C)CCCCC6(C)N8c6ccc(C(C)(C)C)cc6)ccc7c54)cc3C3(C)CCCCC23C)cc1. The Bertz CT molecular complexity index is 6200. The molecule has 0 bridgehead atoms. The zero-order valence-corrected chi connectivity index (χ0v) is 79.0. The van der Waals surface area contributed by atoms with Gasteiger partial charge in [0.25, 0.3) is 0 Å². The summed E-state index contributed by atoms with van der Waals surface area (Å²) in [4.78, 5) is 11.1. The number of anilines is 8. The van der Waals surface area contributed by atoms with E-state index in [0.717, 1.165) is 51.4 Å². The number of rotatable bonds is 8. The second kappa shape index (κ2) is 26.6. The van der Waals surface area contributed by atoms with Crippen LogP contribution in [0.25, 0.3) is 109 Å². The Balaban J connectivity index is 0.744. The topological polar surface area (TPSA) is 13.0 Å². The van der Waals surface area contributed by atoms with Gasteiger partial charge in [-0.2, -0.15) is 0 Å². The van der Waals surface area contributed by atoms with Crippen molar-refractivity contribution in [3.63, 3.8) is 0 Å². The number of benzene rings is 13. The van der Waals surface area contributed by atoms with Crippen LogP contribution in [0.3, 0.4) is 0 Å². The zero-order valence-electron chi connectivity index (χ0n) is 79.0. The lowest BCUT2D eigenvalue weighted by Crippen LogP contribution is -2.54. The molecule has 0 N–H and O–H groups in total. The van der Waals surface area contributed by atoms with Gasteiger partial charge >= 0.3 is 0 Å². The summed E-state index contributed by atoms with van der Waals surface area (Å²) in [6.07, 6.45) is 19.1. The molecule has 4 aliphatic heterocycles. The van der Waals surface area contributed by atoms with E-state index in [9.17, 15) is 0 Å². The van der Waals surface area contributed by atoms with Crippen molar-refractivity contribution >= 4 is 110 Å². The summed E-state index contributed by atoms with van der Waals surface area (Å²) in [7, 11) is 0. The van der Waals surface area contributed by atoms with E-state index >= 15 is 0 Å². The van der Waals surface area contributed by atoms with Crippen molar-refractivity contribution in [2.45, 2.75) is 307 Å². The minimum Gasteiger partial charge on any atom is -0.334 e. The Kier molecular flexibility index (Phi) is 16.9. The maximum absolute atomic E-state index is 2.78. The highest BCUT2D eigenvalue weighted by atomic mass is 15.3. The summed E-state index contributed by atoms with van der Waals surface area (Å²) >= 11 is 0. The van der Waals surface area contributed by atoms with Crippen molar-refractivity contribution in [3.8, 4) is 44.5 Å². The summed E-state index contributed by atoms with van der Waals surface area (Å²) in [6.45, 7) is 48.9. The average Bonchev–Trinajstić information content (AvgIpc) is 1.52. The molecular weight excluding hydrogens is 1520 g/mol. The van der Waals surface area contributed by atoms with Gasteiger partial charge in [-0.1, -0.05) is 283 Å². The lowest BCUT2D eigenvalue weighted by Gasteiger charge is -2.50. The van der Waals surface area contributed by atoms with Gasteiger partial charge in [0.1, 0.15) is 0 Å². The summed E-state index contributed by atoms with van der Waals surface area (Å²) in [5.74, 6) is 0. The maximum Gasteiger partial charge on any atom is 0.0517 e.